The van der Waals surface area contributed by atoms with E-state index in [0.29, 0.717) is 16.5 Å². The molecule has 0 aliphatic carbocycles. The maximum Gasteiger partial charge on any atom is 0.185 e. The molecule has 0 radical (unpaired) electrons. The lowest BCUT2D eigenvalue weighted by atomic mass is 10.0. The molecule has 0 aliphatic heterocycles. The van der Waals surface area contributed by atoms with Crippen molar-refractivity contribution in [2.75, 3.05) is 0 Å². The first-order valence-electron chi connectivity index (χ1n) is 9.96. The summed E-state index contributed by atoms with van der Waals surface area (Å²) in [5.41, 5.74) is 6.10. The number of hydrogen-bond acceptors (Lipinski definition) is 1. The number of halogens is 2. The van der Waals surface area contributed by atoms with Crippen molar-refractivity contribution in [3.8, 4) is 11.3 Å². The molecule has 0 bridgehead atoms. The van der Waals surface area contributed by atoms with Gasteiger partial charge in [-0.3, -0.25) is 9.89 Å². The van der Waals surface area contributed by atoms with Crippen molar-refractivity contribution < 1.29 is 0 Å². The molecule has 154 valence electrons. The van der Waals surface area contributed by atoms with Crippen molar-refractivity contribution in [1.29, 1.82) is 0 Å². The van der Waals surface area contributed by atoms with Gasteiger partial charge in [-0.2, -0.15) is 0 Å². The Bertz CT molecular complexity index is 1170. The van der Waals surface area contributed by atoms with E-state index in [1.165, 1.54) is 11.1 Å². The van der Waals surface area contributed by atoms with Crippen molar-refractivity contribution >= 4 is 23.2 Å². The lowest BCUT2D eigenvalue weighted by Gasteiger charge is -2.15. The molecule has 4 nitrogen and oxygen atoms in total. The number of aromatic amines is 2. The normalized spacial score (nSPS) is 11.2. The minimum Gasteiger partial charge on any atom is -0.351 e. The molecule has 4 rings (SSSR count). The van der Waals surface area contributed by atoms with Crippen molar-refractivity contribution in [2.45, 2.75) is 32.7 Å². The Morgan fingerprint density at radius 1 is 0.967 bits per heavy atom. The van der Waals surface area contributed by atoms with Crippen molar-refractivity contribution in [3.63, 3.8) is 0 Å². The number of hydrogen-bond donors (Lipinski definition) is 2. The van der Waals surface area contributed by atoms with Crippen molar-refractivity contribution in [2.24, 2.45) is 0 Å². The number of H-pyrrole nitrogens is 2. The van der Waals surface area contributed by atoms with E-state index in [1.807, 2.05) is 25.4 Å². The van der Waals surface area contributed by atoms with E-state index in [0.717, 1.165) is 41.9 Å². The molecule has 30 heavy (non-hydrogen) atoms. The summed E-state index contributed by atoms with van der Waals surface area (Å²) in [6.45, 7) is 2.83. The number of rotatable bonds is 7. The molecule has 0 aliphatic rings. The zero-order valence-electron chi connectivity index (χ0n) is 16.7. The van der Waals surface area contributed by atoms with Gasteiger partial charge in [-0.15, -0.1) is 0 Å². The molecule has 6 heteroatoms. The number of pyridine rings is 1. The van der Waals surface area contributed by atoms with Gasteiger partial charge in [0, 0.05) is 58.3 Å². The number of aromatic nitrogens is 3. The van der Waals surface area contributed by atoms with E-state index < -0.39 is 0 Å². The maximum atomic E-state index is 12.5. The molecule has 4 aromatic rings. The van der Waals surface area contributed by atoms with E-state index in [4.69, 9.17) is 23.2 Å². The molecule has 0 saturated heterocycles. The van der Waals surface area contributed by atoms with Crippen LogP contribution in [0.1, 0.15) is 28.8 Å². The van der Waals surface area contributed by atoms with Crippen LogP contribution in [0.5, 0.6) is 0 Å². The second-order valence-electron chi connectivity index (χ2n) is 7.44. The van der Waals surface area contributed by atoms with Crippen LogP contribution in [-0.2, 0) is 19.4 Å². The molecule has 2 N–H and O–H groups in total. The Morgan fingerprint density at radius 3 is 2.30 bits per heavy atom. The smallest absolute Gasteiger partial charge is 0.185 e. The zero-order valence-corrected chi connectivity index (χ0v) is 18.2. The molecule has 0 spiro atoms. The first-order valence-corrected chi connectivity index (χ1v) is 10.7. The van der Waals surface area contributed by atoms with Gasteiger partial charge >= 0.3 is 0 Å². The predicted octanol–water partition coefficient (Wildman–Crippen LogP) is 6.01. The number of benzene rings is 2. The Morgan fingerprint density at radius 2 is 1.67 bits per heavy atom. The maximum absolute atomic E-state index is 12.5. The minimum atomic E-state index is 0.0173. The first kappa shape index (κ1) is 20.6. The lowest BCUT2D eigenvalue weighted by molar-refractivity contribution is 0.618. The van der Waals surface area contributed by atoms with Gasteiger partial charge < -0.3 is 9.67 Å². The van der Waals surface area contributed by atoms with Gasteiger partial charge in [0.25, 0.3) is 0 Å². The molecule has 0 unspecified atom stereocenters. The Hall–Kier alpha value is -2.69. The molecule has 0 fully saturated rings. The van der Waals surface area contributed by atoms with Crippen LogP contribution < -0.4 is 5.43 Å². The third-order valence-corrected chi connectivity index (χ3v) is 6.25. The summed E-state index contributed by atoms with van der Waals surface area (Å²) in [5.74, 6) is 0. The van der Waals surface area contributed by atoms with Gasteiger partial charge in [0.05, 0.1) is 5.69 Å². The van der Waals surface area contributed by atoms with Crippen LogP contribution in [0.15, 0.2) is 65.7 Å². The van der Waals surface area contributed by atoms with Crippen LogP contribution >= 0.6 is 23.2 Å². The number of aryl methyl sites for hydroxylation is 2. The molecule has 0 amide bonds. The highest BCUT2D eigenvalue weighted by molar-refractivity contribution is 6.36. The van der Waals surface area contributed by atoms with E-state index >= 15 is 0 Å². The van der Waals surface area contributed by atoms with Crippen molar-refractivity contribution in [1.82, 2.24) is 14.8 Å². The van der Waals surface area contributed by atoms with Crippen LogP contribution in [0.3, 0.4) is 0 Å². The molecule has 0 atom stereocenters. The third-order valence-electron chi connectivity index (χ3n) is 5.54. The van der Waals surface area contributed by atoms with Crippen LogP contribution in [0.25, 0.3) is 11.3 Å². The zero-order chi connectivity index (χ0) is 21.1. The molecule has 0 saturated carbocycles. The number of nitrogens with zero attached hydrogens (tertiary/aromatic N) is 1. The largest absolute Gasteiger partial charge is 0.351 e. The highest BCUT2D eigenvalue weighted by Crippen LogP contribution is 2.27. The summed E-state index contributed by atoms with van der Waals surface area (Å²) in [6.07, 6.45) is 6.21. The fourth-order valence-corrected chi connectivity index (χ4v) is 4.19. The van der Waals surface area contributed by atoms with Gasteiger partial charge in [0.2, 0.25) is 0 Å². The SMILES string of the molecule is Cc1c(Cc2c(Cl)cccc2Cl)c(=O)ccn1CCCc1ccc(-c2c[nH][nH]2)cc1. The average Bonchev–Trinajstić information content (AvgIpc) is 2.69. The van der Waals surface area contributed by atoms with Gasteiger partial charge in [0.1, 0.15) is 0 Å². The van der Waals surface area contributed by atoms with Crippen LogP contribution in [0.4, 0.5) is 0 Å². The number of nitrogens with one attached hydrogen (secondary N) is 2. The molecule has 2 heterocycles. The Kier molecular flexibility index (Phi) is 6.16. The van der Waals surface area contributed by atoms with Gasteiger partial charge in [0.15, 0.2) is 5.43 Å². The predicted molar refractivity (Wildman–Crippen MR) is 124 cm³/mol. The van der Waals surface area contributed by atoms with Crippen molar-refractivity contribution in [3.05, 3.63) is 104 Å². The summed E-state index contributed by atoms with van der Waals surface area (Å²) in [5, 5.41) is 7.14. The molecular formula is C24H23Cl2N3O. The second-order valence-corrected chi connectivity index (χ2v) is 8.26. The quantitative estimate of drug-likeness (QED) is 0.363. The third kappa shape index (κ3) is 4.40. The average molecular weight is 440 g/mol. The standard InChI is InChI=1S/C24H23Cl2N3O/c1-16-19(14-20-21(25)5-2-6-22(20)26)24(30)11-13-29(16)12-3-4-17-7-9-18(10-8-17)23-15-27-28-23/h2,5-11,13,15,27-28H,3-4,12,14H2,1H3. The van der Waals surface area contributed by atoms with Gasteiger partial charge in [-0.05, 0) is 43.0 Å². The van der Waals surface area contributed by atoms with Crippen LogP contribution in [0.2, 0.25) is 10.0 Å². The fraction of sp³-hybridized carbons (Fsp3) is 0.208. The monoisotopic (exact) mass is 439 g/mol. The first-order chi connectivity index (χ1) is 14.5. The second kappa shape index (κ2) is 8.99. The minimum absolute atomic E-state index is 0.0173. The summed E-state index contributed by atoms with van der Waals surface area (Å²) in [4.78, 5) is 12.5. The summed E-state index contributed by atoms with van der Waals surface area (Å²) >= 11 is 12.6. The lowest BCUT2D eigenvalue weighted by Crippen LogP contribution is -2.17. The molecule has 2 aromatic heterocycles. The van der Waals surface area contributed by atoms with Crippen LogP contribution in [0, 0.1) is 6.92 Å². The Balaban J connectivity index is 1.45. The fourth-order valence-electron chi connectivity index (χ4n) is 3.66. The summed E-state index contributed by atoms with van der Waals surface area (Å²) < 4.78 is 2.14. The van der Waals surface area contributed by atoms with Gasteiger partial charge in [-0.1, -0.05) is 53.5 Å². The highest BCUT2D eigenvalue weighted by Gasteiger charge is 2.13. The topological polar surface area (TPSA) is 53.6 Å². The summed E-state index contributed by atoms with van der Waals surface area (Å²) in [7, 11) is 0. The van der Waals surface area contributed by atoms with E-state index in [2.05, 4.69) is 39.0 Å². The van der Waals surface area contributed by atoms with Crippen LogP contribution in [-0.4, -0.2) is 14.8 Å². The van der Waals surface area contributed by atoms with E-state index in [9.17, 15) is 4.79 Å². The van der Waals surface area contributed by atoms with Gasteiger partial charge in [-0.25, -0.2) is 0 Å². The molecular weight excluding hydrogens is 417 g/mol. The Labute approximate surface area is 185 Å². The summed E-state index contributed by atoms with van der Waals surface area (Å²) in [6, 6.07) is 15.6. The highest BCUT2D eigenvalue weighted by atomic mass is 35.5. The van der Waals surface area contributed by atoms with E-state index in [-0.39, 0.29) is 5.43 Å². The van der Waals surface area contributed by atoms with E-state index in [1.54, 1.807) is 18.2 Å². The molecule has 2 aromatic carbocycles.